The smallest absolute Gasteiger partial charge is 0.159 e. The van der Waals surface area contributed by atoms with Crippen LogP contribution in [-0.2, 0) is 6.42 Å². The zero-order chi connectivity index (χ0) is 18.9. The van der Waals surface area contributed by atoms with Gasteiger partial charge in [0.25, 0.3) is 0 Å². The molecule has 1 fully saturated rings. The van der Waals surface area contributed by atoms with Crippen molar-refractivity contribution in [2.24, 2.45) is 11.8 Å². The molecule has 0 unspecified atom stereocenters. The summed E-state index contributed by atoms with van der Waals surface area (Å²) in [5, 5.41) is 8.83. The number of aryl methyl sites for hydroxylation is 1. The maximum atomic E-state index is 8.83. The Labute approximate surface area is 163 Å². The summed E-state index contributed by atoms with van der Waals surface area (Å²) in [6, 6.07) is 10.7. The molecule has 1 aliphatic rings. The average molecular weight is 362 g/mol. The first-order valence-electron chi connectivity index (χ1n) is 10.6. The normalized spacial score (nSPS) is 19.6. The van der Waals surface area contributed by atoms with Crippen molar-refractivity contribution in [1.82, 2.24) is 9.97 Å². The quantitative estimate of drug-likeness (QED) is 0.516. The van der Waals surface area contributed by atoms with E-state index in [1.807, 2.05) is 0 Å². The Hall–Kier alpha value is -2.21. The molecule has 1 heterocycles. The van der Waals surface area contributed by atoms with E-state index in [9.17, 15) is 0 Å². The molecular weight excluding hydrogens is 330 g/mol. The van der Waals surface area contributed by atoms with Crippen LogP contribution in [0.25, 0.3) is 11.4 Å². The van der Waals surface area contributed by atoms with Crippen molar-refractivity contribution in [2.75, 3.05) is 0 Å². The molecule has 1 saturated carbocycles. The van der Waals surface area contributed by atoms with Crippen LogP contribution in [0.3, 0.4) is 0 Å². The van der Waals surface area contributed by atoms with Crippen LogP contribution in [0.5, 0.6) is 0 Å². The van der Waals surface area contributed by atoms with E-state index in [1.165, 1.54) is 69.8 Å². The van der Waals surface area contributed by atoms with E-state index in [0.29, 0.717) is 11.4 Å². The van der Waals surface area contributed by atoms with Gasteiger partial charge in [0.15, 0.2) is 5.82 Å². The highest BCUT2D eigenvalue weighted by Crippen LogP contribution is 2.34. The first-order chi connectivity index (χ1) is 13.3. The van der Waals surface area contributed by atoms with E-state index in [4.69, 9.17) is 5.26 Å². The summed E-state index contributed by atoms with van der Waals surface area (Å²) >= 11 is 0. The van der Waals surface area contributed by atoms with Crippen molar-refractivity contribution in [2.45, 2.75) is 71.1 Å². The highest BCUT2D eigenvalue weighted by atomic mass is 14.9. The summed E-state index contributed by atoms with van der Waals surface area (Å²) in [6.07, 6.45) is 17.0. The molecule has 0 atom stereocenters. The van der Waals surface area contributed by atoms with Crippen LogP contribution >= 0.6 is 0 Å². The molecular formula is C24H31N3. The van der Waals surface area contributed by atoms with Crippen LogP contribution in [0.4, 0.5) is 0 Å². The zero-order valence-electron chi connectivity index (χ0n) is 16.5. The SMILES string of the molecule is CCCCC[C@H]1CC[C@H](CCc2ccc(-c3ncc(C#N)cn3)cc2)CC1. The van der Waals surface area contributed by atoms with Gasteiger partial charge in [-0.05, 0) is 30.2 Å². The number of rotatable bonds is 8. The minimum Gasteiger partial charge on any atom is -0.235 e. The van der Waals surface area contributed by atoms with E-state index >= 15 is 0 Å². The standard InChI is InChI=1S/C24H31N3/c1-2-3-4-5-19-6-8-20(9-7-19)10-11-21-12-14-23(15-13-21)24-26-17-22(16-25)18-27-24/h12-15,17-20H,2-11H2,1H3/t19-,20-. The van der Waals surface area contributed by atoms with E-state index in [0.717, 1.165) is 17.4 Å². The van der Waals surface area contributed by atoms with Gasteiger partial charge in [-0.15, -0.1) is 0 Å². The van der Waals surface area contributed by atoms with Crippen LogP contribution in [0.2, 0.25) is 0 Å². The number of unbranched alkanes of at least 4 members (excludes halogenated alkanes) is 2. The summed E-state index contributed by atoms with van der Waals surface area (Å²) in [4.78, 5) is 8.54. The molecule has 1 aromatic heterocycles. The number of hydrogen-bond acceptors (Lipinski definition) is 3. The van der Waals surface area contributed by atoms with Crippen LogP contribution in [0, 0.1) is 23.2 Å². The number of nitrogens with zero attached hydrogens (tertiary/aromatic N) is 3. The molecule has 0 radical (unpaired) electrons. The molecule has 0 aliphatic heterocycles. The summed E-state index contributed by atoms with van der Waals surface area (Å²) in [5.41, 5.74) is 2.91. The van der Waals surface area contributed by atoms with Crippen LogP contribution < -0.4 is 0 Å². The van der Waals surface area contributed by atoms with Gasteiger partial charge in [0.2, 0.25) is 0 Å². The second kappa shape index (κ2) is 10.2. The minimum atomic E-state index is 0.496. The minimum absolute atomic E-state index is 0.496. The topological polar surface area (TPSA) is 49.6 Å². The van der Waals surface area contributed by atoms with E-state index in [1.54, 1.807) is 12.4 Å². The Morgan fingerprint density at radius 3 is 2.15 bits per heavy atom. The molecule has 27 heavy (non-hydrogen) atoms. The Bertz CT molecular complexity index is 720. The first kappa shape index (κ1) is 19.5. The molecule has 0 saturated heterocycles. The number of aromatic nitrogens is 2. The third-order valence-electron chi connectivity index (χ3n) is 6.02. The van der Waals surface area contributed by atoms with Gasteiger partial charge in [-0.1, -0.05) is 82.6 Å². The van der Waals surface area contributed by atoms with Gasteiger partial charge < -0.3 is 0 Å². The van der Waals surface area contributed by atoms with E-state index in [-0.39, 0.29) is 0 Å². The Morgan fingerprint density at radius 2 is 1.56 bits per heavy atom. The van der Waals surface area contributed by atoms with Crippen molar-refractivity contribution in [3.63, 3.8) is 0 Å². The van der Waals surface area contributed by atoms with Crippen LogP contribution in [0.15, 0.2) is 36.7 Å². The van der Waals surface area contributed by atoms with Crippen molar-refractivity contribution in [3.05, 3.63) is 47.8 Å². The molecule has 1 aliphatic carbocycles. The molecule has 142 valence electrons. The van der Waals surface area contributed by atoms with Crippen molar-refractivity contribution >= 4 is 0 Å². The molecule has 0 amide bonds. The van der Waals surface area contributed by atoms with E-state index in [2.05, 4.69) is 47.2 Å². The fourth-order valence-electron chi connectivity index (χ4n) is 4.22. The van der Waals surface area contributed by atoms with Gasteiger partial charge in [0.1, 0.15) is 6.07 Å². The van der Waals surface area contributed by atoms with Gasteiger partial charge >= 0.3 is 0 Å². The molecule has 0 spiro atoms. The zero-order valence-corrected chi connectivity index (χ0v) is 16.5. The van der Waals surface area contributed by atoms with Crippen molar-refractivity contribution in [3.8, 4) is 17.5 Å². The van der Waals surface area contributed by atoms with Gasteiger partial charge in [-0.3, -0.25) is 0 Å². The average Bonchev–Trinajstić information content (AvgIpc) is 2.74. The summed E-state index contributed by atoms with van der Waals surface area (Å²) in [6.45, 7) is 2.29. The second-order valence-electron chi connectivity index (χ2n) is 8.03. The molecule has 0 bridgehead atoms. The van der Waals surface area contributed by atoms with E-state index < -0.39 is 0 Å². The fourth-order valence-corrected chi connectivity index (χ4v) is 4.22. The van der Waals surface area contributed by atoms with Gasteiger partial charge in [0.05, 0.1) is 5.56 Å². The Morgan fingerprint density at radius 1 is 0.926 bits per heavy atom. The lowest BCUT2D eigenvalue weighted by Gasteiger charge is -2.28. The lowest BCUT2D eigenvalue weighted by Crippen LogP contribution is -2.15. The molecule has 0 N–H and O–H groups in total. The molecule has 3 heteroatoms. The molecule has 2 aromatic rings. The number of nitriles is 1. The monoisotopic (exact) mass is 361 g/mol. The van der Waals surface area contributed by atoms with Gasteiger partial charge in [-0.25, -0.2) is 9.97 Å². The molecule has 3 rings (SSSR count). The third kappa shape index (κ3) is 5.89. The fraction of sp³-hybridized carbons (Fsp3) is 0.542. The van der Waals surface area contributed by atoms with Crippen molar-refractivity contribution < 1.29 is 0 Å². The first-order valence-corrected chi connectivity index (χ1v) is 10.6. The van der Waals surface area contributed by atoms with Gasteiger partial charge in [0, 0.05) is 18.0 Å². The predicted molar refractivity (Wildman–Crippen MR) is 110 cm³/mol. The maximum Gasteiger partial charge on any atom is 0.159 e. The summed E-state index contributed by atoms with van der Waals surface area (Å²) in [5.74, 6) is 2.59. The predicted octanol–water partition coefficient (Wildman–Crippen LogP) is 6.33. The second-order valence-corrected chi connectivity index (χ2v) is 8.03. The molecule has 1 aromatic carbocycles. The number of hydrogen-bond donors (Lipinski definition) is 0. The summed E-state index contributed by atoms with van der Waals surface area (Å²) in [7, 11) is 0. The molecule has 3 nitrogen and oxygen atoms in total. The Balaban J connectivity index is 1.43. The number of benzene rings is 1. The lowest BCUT2D eigenvalue weighted by atomic mass is 9.78. The maximum absolute atomic E-state index is 8.83. The highest BCUT2D eigenvalue weighted by molar-refractivity contribution is 5.55. The Kier molecular flexibility index (Phi) is 7.39. The lowest BCUT2D eigenvalue weighted by molar-refractivity contribution is 0.249. The highest BCUT2D eigenvalue weighted by Gasteiger charge is 2.20. The largest absolute Gasteiger partial charge is 0.235 e. The van der Waals surface area contributed by atoms with Crippen LogP contribution in [-0.4, -0.2) is 9.97 Å². The van der Waals surface area contributed by atoms with Gasteiger partial charge in [-0.2, -0.15) is 5.26 Å². The summed E-state index contributed by atoms with van der Waals surface area (Å²) < 4.78 is 0. The van der Waals surface area contributed by atoms with Crippen LogP contribution in [0.1, 0.15) is 75.8 Å². The van der Waals surface area contributed by atoms with Crippen molar-refractivity contribution in [1.29, 1.82) is 5.26 Å². The third-order valence-corrected chi connectivity index (χ3v) is 6.02.